The van der Waals surface area contributed by atoms with Crippen LogP contribution in [0.5, 0.6) is 0 Å². The number of carbonyl (C=O) groups is 1. The highest BCUT2D eigenvalue weighted by Gasteiger charge is 2.27. The van der Waals surface area contributed by atoms with Gasteiger partial charge >= 0.3 is 0 Å². The maximum absolute atomic E-state index is 13.4. The van der Waals surface area contributed by atoms with Crippen molar-refractivity contribution in [2.45, 2.75) is 109 Å². The van der Waals surface area contributed by atoms with Crippen LogP contribution in [0.2, 0.25) is 0 Å². The first-order valence-corrected chi connectivity index (χ1v) is 15.7. The molecule has 1 aromatic carbocycles. The van der Waals surface area contributed by atoms with Crippen LogP contribution in [-0.2, 0) is 27.6 Å². The van der Waals surface area contributed by atoms with Gasteiger partial charge in [0.15, 0.2) is 0 Å². The highest BCUT2D eigenvalue weighted by molar-refractivity contribution is 7.89. The molecule has 210 valence electrons. The van der Waals surface area contributed by atoms with Gasteiger partial charge in [-0.2, -0.15) is 0 Å². The molecule has 7 nitrogen and oxygen atoms in total. The van der Waals surface area contributed by atoms with Crippen molar-refractivity contribution >= 4 is 15.9 Å². The monoisotopic (exact) mass is 543 g/mol. The normalized spacial score (nSPS) is 18.0. The minimum atomic E-state index is -3.66. The molecule has 38 heavy (non-hydrogen) atoms. The van der Waals surface area contributed by atoms with E-state index >= 15 is 0 Å². The van der Waals surface area contributed by atoms with Gasteiger partial charge in [-0.05, 0) is 88.6 Å². The molecule has 8 heteroatoms. The molecule has 0 bridgehead atoms. The van der Waals surface area contributed by atoms with E-state index in [1.165, 1.54) is 32.1 Å². The lowest BCUT2D eigenvalue weighted by molar-refractivity contribution is 0.0696. The Morgan fingerprint density at radius 2 is 1.76 bits per heavy atom. The molecule has 2 fully saturated rings. The summed E-state index contributed by atoms with van der Waals surface area (Å²) in [5, 5.41) is 3.23. The largest absolute Gasteiger partial charge is 0.381 e. The van der Waals surface area contributed by atoms with Crippen molar-refractivity contribution < 1.29 is 17.9 Å². The first-order valence-electron chi connectivity index (χ1n) is 14.2. The molecule has 1 aliphatic carbocycles. The van der Waals surface area contributed by atoms with Gasteiger partial charge in [0.05, 0.1) is 10.5 Å². The first-order chi connectivity index (χ1) is 18.0. The maximum atomic E-state index is 13.4. The molecule has 1 amide bonds. The molecule has 2 aliphatic rings. The maximum Gasteiger partial charge on any atom is 0.253 e. The number of sulfonamides is 1. The smallest absolute Gasteiger partial charge is 0.253 e. The van der Waals surface area contributed by atoms with Gasteiger partial charge in [-0.1, -0.05) is 39.0 Å². The summed E-state index contributed by atoms with van der Waals surface area (Å²) in [6.45, 7) is 10.9. The summed E-state index contributed by atoms with van der Waals surface area (Å²) >= 11 is 0. The van der Waals surface area contributed by atoms with Gasteiger partial charge in [-0.15, -0.1) is 0 Å². The molecule has 1 aromatic heterocycles. The predicted molar refractivity (Wildman–Crippen MR) is 152 cm³/mol. The van der Waals surface area contributed by atoms with Crippen LogP contribution in [-0.4, -0.2) is 43.7 Å². The van der Waals surface area contributed by atoms with Crippen molar-refractivity contribution in [3.8, 4) is 5.69 Å². The third-order valence-corrected chi connectivity index (χ3v) is 9.69. The van der Waals surface area contributed by atoms with Crippen LogP contribution in [0.4, 0.5) is 0 Å². The second-order valence-corrected chi connectivity index (χ2v) is 13.7. The molecule has 2 aromatic rings. The number of benzene rings is 1. The topological polar surface area (TPSA) is 89.4 Å². The van der Waals surface area contributed by atoms with Crippen molar-refractivity contribution in [3.05, 3.63) is 46.8 Å². The number of hydrogen-bond donors (Lipinski definition) is 2. The fourth-order valence-corrected chi connectivity index (χ4v) is 7.54. The summed E-state index contributed by atoms with van der Waals surface area (Å²) in [4.78, 5) is 13.7. The van der Waals surface area contributed by atoms with E-state index in [2.05, 4.69) is 21.5 Å². The number of amides is 1. The minimum Gasteiger partial charge on any atom is -0.381 e. The molecule has 0 unspecified atom stereocenters. The number of carbonyl (C=O) groups excluding carboxylic acids is 1. The standard InChI is InChI=1S/C30H45N3O4S/c1-6-23-19-25(12-13-28(23)38(35,36)32-30(3,4)5)33-20-26(29(34)31-24-14-16-37-17-15-24)21(2)27(33)18-22-10-8-7-9-11-22/h12-13,19-20,22,24,32H,6-11,14-18H2,1-5H3,(H,31,34). The summed E-state index contributed by atoms with van der Waals surface area (Å²) in [5.41, 5.74) is 3.97. The van der Waals surface area contributed by atoms with Crippen LogP contribution in [0.3, 0.4) is 0 Å². The quantitative estimate of drug-likeness (QED) is 0.463. The van der Waals surface area contributed by atoms with Gasteiger partial charge in [0.1, 0.15) is 0 Å². The van der Waals surface area contributed by atoms with Crippen LogP contribution in [0.1, 0.15) is 99.8 Å². The summed E-state index contributed by atoms with van der Waals surface area (Å²) in [6.07, 6.45) is 11.4. The van der Waals surface area contributed by atoms with Gasteiger partial charge in [0, 0.05) is 42.4 Å². The van der Waals surface area contributed by atoms with Crippen LogP contribution >= 0.6 is 0 Å². The molecule has 2 N–H and O–H groups in total. The Kier molecular flexibility index (Phi) is 9.05. The third kappa shape index (κ3) is 6.88. The Morgan fingerprint density at radius 1 is 1.08 bits per heavy atom. The van der Waals surface area contributed by atoms with Gasteiger partial charge < -0.3 is 14.6 Å². The van der Waals surface area contributed by atoms with E-state index < -0.39 is 15.6 Å². The van der Waals surface area contributed by atoms with E-state index in [4.69, 9.17) is 4.74 Å². The molecule has 0 atom stereocenters. The van der Waals surface area contributed by atoms with E-state index in [-0.39, 0.29) is 11.9 Å². The number of hydrogen-bond acceptors (Lipinski definition) is 4. The van der Waals surface area contributed by atoms with Gasteiger partial charge in [-0.3, -0.25) is 4.79 Å². The lowest BCUT2D eigenvalue weighted by Crippen LogP contribution is -2.40. The molecule has 4 rings (SSSR count). The predicted octanol–water partition coefficient (Wildman–Crippen LogP) is 5.46. The lowest BCUT2D eigenvalue weighted by Gasteiger charge is -2.24. The van der Waals surface area contributed by atoms with Gasteiger partial charge in [0.25, 0.3) is 5.91 Å². The van der Waals surface area contributed by atoms with Crippen molar-refractivity contribution in [1.29, 1.82) is 0 Å². The second kappa shape index (κ2) is 11.9. The first kappa shape index (κ1) is 28.8. The summed E-state index contributed by atoms with van der Waals surface area (Å²) in [6, 6.07) is 5.69. The molecule has 0 spiro atoms. The number of nitrogens with one attached hydrogen (secondary N) is 2. The zero-order chi connectivity index (χ0) is 27.5. The zero-order valence-corrected chi connectivity index (χ0v) is 24.5. The number of rotatable bonds is 8. The van der Waals surface area contributed by atoms with E-state index in [0.29, 0.717) is 36.0 Å². The SMILES string of the molecule is CCc1cc(-n2cc(C(=O)NC3CCOCC3)c(C)c2CC2CCCCC2)ccc1S(=O)(=O)NC(C)(C)C. The summed E-state index contributed by atoms with van der Waals surface area (Å²) in [7, 11) is -3.66. The van der Waals surface area contributed by atoms with E-state index in [0.717, 1.165) is 41.8 Å². The highest BCUT2D eigenvalue weighted by atomic mass is 32.2. The second-order valence-electron chi connectivity index (χ2n) is 12.1. The van der Waals surface area contributed by atoms with Gasteiger partial charge in [0.2, 0.25) is 10.0 Å². The Balaban J connectivity index is 1.72. The summed E-state index contributed by atoms with van der Waals surface area (Å²) < 4.78 is 36.7. The van der Waals surface area contributed by atoms with Crippen molar-refractivity contribution in [2.24, 2.45) is 5.92 Å². The molecular weight excluding hydrogens is 498 g/mol. The summed E-state index contributed by atoms with van der Waals surface area (Å²) in [5.74, 6) is 0.561. The van der Waals surface area contributed by atoms with E-state index in [1.807, 2.05) is 46.0 Å². The number of aromatic nitrogens is 1. The van der Waals surface area contributed by atoms with Crippen LogP contribution in [0.25, 0.3) is 5.69 Å². The van der Waals surface area contributed by atoms with Crippen LogP contribution < -0.4 is 10.0 Å². The lowest BCUT2D eigenvalue weighted by atomic mass is 9.85. The molecular formula is C30H45N3O4S. The minimum absolute atomic E-state index is 0.0395. The highest BCUT2D eigenvalue weighted by Crippen LogP contribution is 2.32. The average Bonchev–Trinajstić information content (AvgIpc) is 3.19. The number of nitrogens with zero attached hydrogens (tertiary/aromatic N) is 1. The van der Waals surface area contributed by atoms with E-state index in [9.17, 15) is 13.2 Å². The zero-order valence-electron chi connectivity index (χ0n) is 23.7. The fraction of sp³-hybridized carbons (Fsp3) is 0.633. The van der Waals surface area contributed by atoms with Gasteiger partial charge in [-0.25, -0.2) is 13.1 Å². The fourth-order valence-electron chi connectivity index (χ4n) is 5.83. The van der Waals surface area contributed by atoms with E-state index in [1.54, 1.807) is 6.07 Å². The van der Waals surface area contributed by atoms with Crippen LogP contribution in [0.15, 0.2) is 29.3 Å². The molecule has 1 saturated heterocycles. The Labute approximate surface area is 228 Å². The van der Waals surface area contributed by atoms with Crippen molar-refractivity contribution in [1.82, 2.24) is 14.6 Å². The molecule has 0 radical (unpaired) electrons. The van der Waals surface area contributed by atoms with Crippen molar-refractivity contribution in [3.63, 3.8) is 0 Å². The number of ether oxygens (including phenoxy) is 1. The Bertz CT molecular complexity index is 1230. The third-order valence-electron chi connectivity index (χ3n) is 7.83. The Hall–Kier alpha value is -2.16. The molecule has 2 heterocycles. The molecule has 1 aliphatic heterocycles. The van der Waals surface area contributed by atoms with Crippen molar-refractivity contribution in [2.75, 3.05) is 13.2 Å². The molecule has 1 saturated carbocycles. The number of aryl methyl sites for hydroxylation is 1. The Morgan fingerprint density at radius 3 is 2.39 bits per heavy atom. The van der Waals surface area contributed by atoms with Crippen LogP contribution in [0, 0.1) is 12.8 Å². The average molecular weight is 544 g/mol.